The molecular formula is C27H38O4. The molecule has 0 aliphatic heterocycles. The van der Waals surface area contributed by atoms with E-state index >= 15 is 0 Å². The predicted molar refractivity (Wildman–Crippen MR) is 122 cm³/mol. The monoisotopic (exact) mass is 426 g/mol. The van der Waals surface area contributed by atoms with E-state index in [4.69, 9.17) is 0 Å². The maximum Gasteiger partial charge on any atom is 0.335 e. The number of phenolic OH excluding ortho intramolecular Hbond substituents is 1. The molecule has 0 heterocycles. The first-order valence-electron chi connectivity index (χ1n) is 11.8. The first-order valence-corrected chi connectivity index (χ1v) is 11.8. The molecule has 0 spiro atoms. The Morgan fingerprint density at radius 3 is 2.52 bits per heavy atom. The number of carboxylic acid groups (broad SMARTS) is 1. The summed E-state index contributed by atoms with van der Waals surface area (Å²) in [5.74, 6) is 0.552. The molecule has 0 bridgehead atoms. The molecule has 31 heavy (non-hydrogen) atoms. The Morgan fingerprint density at radius 2 is 1.84 bits per heavy atom. The Labute approximate surface area is 186 Å². The molecule has 1 aromatic rings. The molecule has 0 unspecified atom stereocenters. The van der Waals surface area contributed by atoms with Crippen molar-refractivity contribution in [3.63, 3.8) is 0 Å². The molecule has 2 saturated carbocycles. The molecule has 4 nitrogen and oxygen atoms in total. The van der Waals surface area contributed by atoms with Gasteiger partial charge in [-0.3, -0.25) is 0 Å². The van der Waals surface area contributed by atoms with Crippen LogP contribution in [0.2, 0.25) is 0 Å². The molecule has 4 rings (SSSR count). The minimum absolute atomic E-state index is 0.0487. The van der Waals surface area contributed by atoms with Gasteiger partial charge in [0.05, 0.1) is 11.7 Å². The van der Waals surface area contributed by atoms with Crippen LogP contribution in [0.4, 0.5) is 0 Å². The summed E-state index contributed by atoms with van der Waals surface area (Å²) in [7, 11) is 0. The van der Waals surface area contributed by atoms with Crippen LogP contribution in [-0.4, -0.2) is 27.4 Å². The predicted octanol–water partition coefficient (Wildman–Crippen LogP) is 5.82. The molecule has 3 aliphatic carbocycles. The molecule has 3 N–H and O–H groups in total. The van der Waals surface area contributed by atoms with Gasteiger partial charge < -0.3 is 15.3 Å². The number of hydrogen-bond acceptors (Lipinski definition) is 3. The number of carboxylic acids is 1. The lowest BCUT2D eigenvalue weighted by molar-refractivity contribution is -0.110. The second-order valence-electron chi connectivity index (χ2n) is 11.6. The SMILES string of the molecule is C[C@@H]1CC=C2[C@@H](CC[C@H]3C(C)(C)[C@H](O)CC[C@@]23C)[C@]1(C)Cc1cc(C(=O)O)ccc1O. The highest BCUT2D eigenvalue weighted by Crippen LogP contribution is 2.66. The van der Waals surface area contributed by atoms with Crippen molar-refractivity contribution in [3.05, 3.63) is 41.0 Å². The Bertz CT molecular complexity index is 916. The average Bonchev–Trinajstić information content (AvgIpc) is 2.70. The topological polar surface area (TPSA) is 77.8 Å². The smallest absolute Gasteiger partial charge is 0.335 e. The standard InChI is InChI=1S/C27H38O4/c1-16-6-8-19-20(9-11-22-25(2,3)23(29)12-13-26(19,22)4)27(16,5)15-18-14-17(24(30)31)7-10-21(18)28/h7-8,10,14,16,20,22-23,28-29H,6,9,11-13,15H2,1-5H3,(H,30,31)/t16-,20-,22+,23-,26+,27-/m1/s1. The molecule has 0 aromatic heterocycles. The van der Waals surface area contributed by atoms with Crippen molar-refractivity contribution in [2.75, 3.05) is 0 Å². The highest BCUT2D eigenvalue weighted by molar-refractivity contribution is 5.88. The highest BCUT2D eigenvalue weighted by atomic mass is 16.4. The summed E-state index contributed by atoms with van der Waals surface area (Å²) < 4.78 is 0. The van der Waals surface area contributed by atoms with Gasteiger partial charge in [-0.15, -0.1) is 0 Å². The summed E-state index contributed by atoms with van der Waals surface area (Å²) in [5, 5.41) is 30.7. The van der Waals surface area contributed by atoms with Crippen LogP contribution < -0.4 is 0 Å². The number of carbonyl (C=O) groups is 1. The third-order valence-electron chi connectivity index (χ3n) is 9.75. The van der Waals surface area contributed by atoms with Crippen LogP contribution in [0.25, 0.3) is 0 Å². The number of phenols is 1. The number of hydrogen-bond donors (Lipinski definition) is 3. The zero-order chi connectivity index (χ0) is 22.8. The van der Waals surface area contributed by atoms with Crippen LogP contribution in [0.5, 0.6) is 5.75 Å². The number of benzene rings is 1. The number of allylic oxidation sites excluding steroid dienone is 2. The second kappa shape index (κ2) is 7.37. The van der Waals surface area contributed by atoms with E-state index in [0.717, 1.165) is 37.7 Å². The molecule has 0 saturated heterocycles. The number of rotatable bonds is 3. The normalized spacial score (nSPS) is 39.2. The first-order chi connectivity index (χ1) is 14.4. The van der Waals surface area contributed by atoms with Crippen molar-refractivity contribution in [3.8, 4) is 5.75 Å². The van der Waals surface area contributed by atoms with Gasteiger partial charge in [-0.05, 0) is 96.3 Å². The van der Waals surface area contributed by atoms with E-state index in [9.17, 15) is 20.1 Å². The van der Waals surface area contributed by atoms with Crippen molar-refractivity contribution in [1.29, 1.82) is 0 Å². The van der Waals surface area contributed by atoms with Gasteiger partial charge in [-0.25, -0.2) is 4.79 Å². The quantitative estimate of drug-likeness (QED) is 0.532. The van der Waals surface area contributed by atoms with Crippen molar-refractivity contribution in [2.45, 2.75) is 79.2 Å². The van der Waals surface area contributed by atoms with Crippen LogP contribution >= 0.6 is 0 Å². The van der Waals surface area contributed by atoms with E-state index in [-0.39, 0.29) is 33.7 Å². The number of aromatic carboxylic acids is 1. The Morgan fingerprint density at radius 1 is 1.13 bits per heavy atom. The molecule has 4 heteroatoms. The minimum atomic E-state index is -0.959. The fourth-order valence-corrected chi connectivity index (χ4v) is 7.50. The number of fused-ring (bicyclic) bond motifs is 3. The summed E-state index contributed by atoms with van der Waals surface area (Å²) in [6.07, 6.45) is 7.99. The van der Waals surface area contributed by atoms with Crippen LogP contribution in [0.15, 0.2) is 29.8 Å². The van der Waals surface area contributed by atoms with Crippen molar-refractivity contribution >= 4 is 5.97 Å². The van der Waals surface area contributed by atoms with Gasteiger partial charge in [0.1, 0.15) is 5.75 Å². The van der Waals surface area contributed by atoms with Crippen molar-refractivity contribution in [2.24, 2.45) is 34.0 Å². The number of aliphatic hydroxyl groups excluding tert-OH is 1. The largest absolute Gasteiger partial charge is 0.508 e. The molecule has 0 amide bonds. The van der Waals surface area contributed by atoms with Crippen LogP contribution in [-0.2, 0) is 6.42 Å². The Balaban J connectivity index is 1.72. The average molecular weight is 427 g/mol. The van der Waals surface area contributed by atoms with Gasteiger partial charge in [0, 0.05) is 0 Å². The Kier molecular flexibility index (Phi) is 5.32. The maximum atomic E-state index is 11.5. The van der Waals surface area contributed by atoms with Crippen LogP contribution in [0, 0.1) is 34.0 Å². The molecule has 3 aliphatic rings. The molecule has 1 aromatic carbocycles. The lowest BCUT2D eigenvalue weighted by atomic mass is 9.43. The summed E-state index contributed by atoms with van der Waals surface area (Å²) >= 11 is 0. The molecular weight excluding hydrogens is 388 g/mol. The zero-order valence-corrected chi connectivity index (χ0v) is 19.6. The van der Waals surface area contributed by atoms with E-state index in [1.807, 2.05) is 0 Å². The molecule has 170 valence electrons. The number of aliphatic hydroxyl groups is 1. The molecule has 2 fully saturated rings. The third-order valence-corrected chi connectivity index (χ3v) is 9.75. The summed E-state index contributed by atoms with van der Waals surface area (Å²) in [4.78, 5) is 11.5. The van der Waals surface area contributed by atoms with Gasteiger partial charge in [0.2, 0.25) is 0 Å². The second-order valence-corrected chi connectivity index (χ2v) is 11.6. The minimum Gasteiger partial charge on any atom is -0.508 e. The third kappa shape index (κ3) is 3.33. The van der Waals surface area contributed by atoms with Crippen molar-refractivity contribution in [1.82, 2.24) is 0 Å². The highest BCUT2D eigenvalue weighted by Gasteiger charge is 2.58. The van der Waals surface area contributed by atoms with E-state index in [1.165, 1.54) is 12.1 Å². The van der Waals surface area contributed by atoms with Gasteiger partial charge in [0.15, 0.2) is 0 Å². The van der Waals surface area contributed by atoms with E-state index in [0.29, 0.717) is 24.2 Å². The van der Waals surface area contributed by atoms with Gasteiger partial charge in [-0.1, -0.05) is 46.3 Å². The lowest BCUT2D eigenvalue weighted by Gasteiger charge is -2.62. The van der Waals surface area contributed by atoms with Gasteiger partial charge in [0.25, 0.3) is 0 Å². The number of aromatic hydroxyl groups is 1. The van der Waals surface area contributed by atoms with Crippen molar-refractivity contribution < 1.29 is 20.1 Å². The first kappa shape index (κ1) is 22.4. The summed E-state index contributed by atoms with van der Waals surface area (Å²) in [6.45, 7) is 11.5. The van der Waals surface area contributed by atoms with E-state index < -0.39 is 5.97 Å². The molecule has 0 radical (unpaired) electrons. The lowest BCUT2D eigenvalue weighted by Crippen LogP contribution is -2.56. The fraction of sp³-hybridized carbons (Fsp3) is 0.667. The summed E-state index contributed by atoms with van der Waals surface area (Å²) in [6, 6.07) is 4.65. The van der Waals surface area contributed by atoms with Crippen LogP contribution in [0.3, 0.4) is 0 Å². The van der Waals surface area contributed by atoms with Crippen LogP contribution in [0.1, 0.15) is 82.6 Å². The van der Waals surface area contributed by atoms with Gasteiger partial charge >= 0.3 is 5.97 Å². The zero-order valence-electron chi connectivity index (χ0n) is 19.6. The molecule has 6 atom stereocenters. The van der Waals surface area contributed by atoms with Gasteiger partial charge in [-0.2, -0.15) is 0 Å². The van der Waals surface area contributed by atoms with E-state index in [2.05, 4.69) is 40.7 Å². The Hall–Kier alpha value is -1.81. The fourth-order valence-electron chi connectivity index (χ4n) is 7.50. The summed E-state index contributed by atoms with van der Waals surface area (Å²) in [5.41, 5.74) is 2.48. The van der Waals surface area contributed by atoms with E-state index in [1.54, 1.807) is 11.6 Å². The maximum absolute atomic E-state index is 11.5.